The SMILES string of the molecule is Cc1ccc2c(C)cncc2c1-c1ccc2cc(N3c4ccccc4Oc4ccccc43)ccc2c1. The molecule has 3 nitrogen and oxygen atoms in total. The van der Waals surface area contributed by atoms with E-state index in [1.165, 1.54) is 43.8 Å². The molecule has 172 valence electrons. The first-order valence-electron chi connectivity index (χ1n) is 12.2. The highest BCUT2D eigenvalue weighted by atomic mass is 16.5. The second-order valence-electron chi connectivity index (χ2n) is 9.43. The maximum atomic E-state index is 6.19. The van der Waals surface area contributed by atoms with Gasteiger partial charge >= 0.3 is 0 Å². The molecule has 0 fully saturated rings. The van der Waals surface area contributed by atoms with Crippen molar-refractivity contribution in [3.05, 3.63) is 121 Å². The van der Waals surface area contributed by atoms with Crippen LogP contribution in [0.2, 0.25) is 0 Å². The molecule has 5 aromatic carbocycles. The van der Waals surface area contributed by atoms with Gasteiger partial charge in [-0.15, -0.1) is 0 Å². The van der Waals surface area contributed by atoms with Crippen LogP contribution in [0.25, 0.3) is 32.7 Å². The maximum Gasteiger partial charge on any atom is 0.151 e. The van der Waals surface area contributed by atoms with Crippen molar-refractivity contribution in [2.24, 2.45) is 0 Å². The second-order valence-corrected chi connectivity index (χ2v) is 9.43. The quantitative estimate of drug-likeness (QED) is 0.255. The van der Waals surface area contributed by atoms with Crippen molar-refractivity contribution in [2.75, 3.05) is 4.90 Å². The number of benzene rings is 5. The van der Waals surface area contributed by atoms with Crippen molar-refractivity contribution in [2.45, 2.75) is 13.8 Å². The molecular formula is C33H24N2O. The van der Waals surface area contributed by atoms with E-state index in [2.05, 4.69) is 96.5 Å². The lowest BCUT2D eigenvalue weighted by atomic mass is 9.92. The van der Waals surface area contributed by atoms with Gasteiger partial charge < -0.3 is 9.64 Å². The Labute approximate surface area is 210 Å². The van der Waals surface area contributed by atoms with Crippen LogP contribution in [0.5, 0.6) is 11.5 Å². The number of hydrogen-bond donors (Lipinski definition) is 0. The van der Waals surface area contributed by atoms with Gasteiger partial charge in [0.25, 0.3) is 0 Å². The Hall–Kier alpha value is -4.63. The Bertz CT molecular complexity index is 1760. The predicted octanol–water partition coefficient (Wildman–Crippen LogP) is 9.25. The van der Waals surface area contributed by atoms with Crippen LogP contribution in [-0.4, -0.2) is 4.98 Å². The van der Waals surface area contributed by atoms with Gasteiger partial charge in [-0.25, -0.2) is 0 Å². The standard InChI is InChI=1S/C33H24N2O/c1-21-11-16-27-22(2)19-34-20-28(27)33(21)25-13-12-24-18-26(15-14-23(24)17-25)35-29-7-3-5-9-31(29)36-32-10-6-4-8-30(32)35/h3-20H,1-2H3. The molecule has 0 radical (unpaired) electrons. The van der Waals surface area contributed by atoms with Crippen molar-refractivity contribution >= 4 is 38.6 Å². The lowest BCUT2D eigenvalue weighted by Crippen LogP contribution is -2.15. The summed E-state index contributed by atoms with van der Waals surface area (Å²) in [7, 11) is 0. The first kappa shape index (κ1) is 20.7. The molecule has 0 saturated carbocycles. The molecule has 1 aliphatic rings. The topological polar surface area (TPSA) is 25.4 Å². The van der Waals surface area contributed by atoms with Gasteiger partial charge in [0.1, 0.15) is 0 Å². The van der Waals surface area contributed by atoms with E-state index in [1.54, 1.807) is 0 Å². The molecule has 1 aliphatic heterocycles. The smallest absolute Gasteiger partial charge is 0.151 e. The van der Waals surface area contributed by atoms with E-state index in [4.69, 9.17) is 4.74 Å². The first-order chi connectivity index (χ1) is 17.7. The minimum atomic E-state index is 0.863. The number of para-hydroxylation sites is 4. The summed E-state index contributed by atoms with van der Waals surface area (Å²) >= 11 is 0. The minimum absolute atomic E-state index is 0.863. The molecule has 0 unspecified atom stereocenters. The normalized spacial score (nSPS) is 12.3. The zero-order valence-corrected chi connectivity index (χ0v) is 20.2. The number of anilines is 3. The van der Waals surface area contributed by atoms with Gasteiger partial charge in [-0.1, -0.05) is 54.6 Å². The summed E-state index contributed by atoms with van der Waals surface area (Å²) in [5.41, 5.74) is 8.12. The first-order valence-corrected chi connectivity index (χ1v) is 12.2. The number of aromatic nitrogens is 1. The van der Waals surface area contributed by atoms with Gasteiger partial charge in [0, 0.05) is 23.5 Å². The van der Waals surface area contributed by atoms with Crippen LogP contribution >= 0.6 is 0 Å². The van der Waals surface area contributed by atoms with Crippen molar-refractivity contribution < 1.29 is 4.74 Å². The molecule has 0 spiro atoms. The van der Waals surface area contributed by atoms with Gasteiger partial charge in [0.05, 0.1) is 11.4 Å². The molecule has 2 heterocycles. The number of aryl methyl sites for hydroxylation is 2. The third kappa shape index (κ3) is 3.17. The third-order valence-electron chi connectivity index (χ3n) is 7.15. The molecule has 3 heteroatoms. The fourth-order valence-corrected chi connectivity index (χ4v) is 5.39. The van der Waals surface area contributed by atoms with Crippen LogP contribution < -0.4 is 9.64 Å². The van der Waals surface area contributed by atoms with E-state index in [9.17, 15) is 0 Å². The van der Waals surface area contributed by atoms with Crippen LogP contribution in [0, 0.1) is 13.8 Å². The summed E-state index contributed by atoms with van der Waals surface area (Å²) in [6.07, 6.45) is 3.93. The lowest BCUT2D eigenvalue weighted by molar-refractivity contribution is 0.477. The molecule has 36 heavy (non-hydrogen) atoms. The number of hydrogen-bond acceptors (Lipinski definition) is 3. The highest BCUT2D eigenvalue weighted by Gasteiger charge is 2.25. The minimum Gasteiger partial charge on any atom is -0.453 e. The highest BCUT2D eigenvalue weighted by Crippen LogP contribution is 2.50. The molecule has 0 aliphatic carbocycles. The predicted molar refractivity (Wildman–Crippen MR) is 149 cm³/mol. The summed E-state index contributed by atoms with van der Waals surface area (Å²) in [4.78, 5) is 6.77. The number of fused-ring (bicyclic) bond motifs is 4. The molecular weight excluding hydrogens is 440 g/mol. The number of ether oxygens (including phenoxy) is 1. The van der Waals surface area contributed by atoms with E-state index >= 15 is 0 Å². The van der Waals surface area contributed by atoms with E-state index in [0.717, 1.165) is 28.6 Å². The van der Waals surface area contributed by atoms with Gasteiger partial charge in [0.15, 0.2) is 11.5 Å². The highest BCUT2D eigenvalue weighted by molar-refractivity contribution is 6.02. The molecule has 0 amide bonds. The summed E-state index contributed by atoms with van der Waals surface area (Å²) < 4.78 is 6.19. The average molecular weight is 465 g/mol. The Balaban J connectivity index is 1.37. The monoisotopic (exact) mass is 464 g/mol. The van der Waals surface area contributed by atoms with Crippen LogP contribution in [0.1, 0.15) is 11.1 Å². The fourth-order valence-electron chi connectivity index (χ4n) is 5.39. The Morgan fingerprint density at radius 1 is 0.611 bits per heavy atom. The largest absolute Gasteiger partial charge is 0.453 e. The zero-order valence-electron chi connectivity index (χ0n) is 20.2. The van der Waals surface area contributed by atoms with Crippen molar-refractivity contribution in [1.82, 2.24) is 4.98 Å². The van der Waals surface area contributed by atoms with Gasteiger partial charge in [-0.3, -0.25) is 4.98 Å². The Kier molecular flexibility index (Phi) is 4.58. The second kappa shape index (κ2) is 7.96. The molecule has 6 aromatic rings. The van der Waals surface area contributed by atoms with E-state index in [1.807, 2.05) is 36.7 Å². The summed E-state index contributed by atoms with van der Waals surface area (Å²) in [5.74, 6) is 1.73. The van der Waals surface area contributed by atoms with Crippen LogP contribution in [0.3, 0.4) is 0 Å². The van der Waals surface area contributed by atoms with Crippen LogP contribution in [0.15, 0.2) is 109 Å². The lowest BCUT2D eigenvalue weighted by Gasteiger charge is -2.32. The van der Waals surface area contributed by atoms with Crippen LogP contribution in [0.4, 0.5) is 17.1 Å². The summed E-state index contributed by atoms with van der Waals surface area (Å²) in [6, 6.07) is 34.3. The fraction of sp³-hybridized carbons (Fsp3) is 0.0606. The van der Waals surface area contributed by atoms with E-state index in [0.29, 0.717) is 0 Å². The number of pyridine rings is 1. The average Bonchev–Trinajstić information content (AvgIpc) is 2.91. The Morgan fingerprint density at radius 3 is 2.08 bits per heavy atom. The zero-order chi connectivity index (χ0) is 24.2. The van der Waals surface area contributed by atoms with Crippen molar-refractivity contribution in [3.8, 4) is 22.6 Å². The van der Waals surface area contributed by atoms with E-state index in [-0.39, 0.29) is 0 Å². The molecule has 0 atom stereocenters. The number of rotatable bonds is 2. The van der Waals surface area contributed by atoms with Gasteiger partial charge in [0.2, 0.25) is 0 Å². The van der Waals surface area contributed by atoms with Crippen LogP contribution in [-0.2, 0) is 0 Å². The maximum absolute atomic E-state index is 6.19. The van der Waals surface area contributed by atoms with E-state index < -0.39 is 0 Å². The van der Waals surface area contributed by atoms with Gasteiger partial charge in [-0.05, 0) is 94.7 Å². The summed E-state index contributed by atoms with van der Waals surface area (Å²) in [5, 5.41) is 4.87. The molecule has 7 rings (SSSR count). The Morgan fingerprint density at radius 2 is 1.31 bits per heavy atom. The van der Waals surface area contributed by atoms with Gasteiger partial charge in [-0.2, -0.15) is 0 Å². The molecule has 0 bridgehead atoms. The van der Waals surface area contributed by atoms with Crippen molar-refractivity contribution in [1.29, 1.82) is 0 Å². The number of nitrogens with zero attached hydrogens (tertiary/aromatic N) is 2. The third-order valence-corrected chi connectivity index (χ3v) is 7.15. The molecule has 0 N–H and O–H groups in total. The molecule has 0 saturated heterocycles. The molecule has 1 aromatic heterocycles. The van der Waals surface area contributed by atoms with Crippen molar-refractivity contribution in [3.63, 3.8) is 0 Å². The summed E-state index contributed by atoms with van der Waals surface area (Å²) in [6.45, 7) is 4.30.